The summed E-state index contributed by atoms with van der Waals surface area (Å²) in [5.74, 6) is -1.28. The second-order valence-corrected chi connectivity index (χ2v) is 6.65. The molecule has 1 aliphatic rings. The maximum Gasteiger partial charge on any atom is 0.306 e. The van der Waals surface area contributed by atoms with E-state index in [1.165, 1.54) is 16.7 Å². The van der Waals surface area contributed by atoms with Crippen LogP contribution in [0.1, 0.15) is 42.9 Å². The van der Waals surface area contributed by atoms with Crippen LogP contribution in [0, 0.1) is 25.7 Å². The van der Waals surface area contributed by atoms with Gasteiger partial charge in [0.15, 0.2) is 0 Å². The molecular weight excluding hydrogens is 278 g/mol. The summed E-state index contributed by atoms with van der Waals surface area (Å²) in [5.41, 5.74) is 3.68. The maximum atomic E-state index is 12.2. The molecule has 4 nitrogen and oxygen atoms in total. The van der Waals surface area contributed by atoms with E-state index in [0.29, 0.717) is 19.3 Å². The van der Waals surface area contributed by atoms with Crippen LogP contribution in [-0.2, 0) is 16.0 Å². The average Bonchev–Trinajstić information content (AvgIpc) is 2.86. The zero-order chi connectivity index (χ0) is 16.3. The molecule has 2 rings (SSSR count). The molecule has 1 saturated carbocycles. The highest BCUT2D eigenvalue weighted by atomic mass is 16.4. The lowest BCUT2D eigenvalue weighted by atomic mass is 10.0. The fourth-order valence-corrected chi connectivity index (χ4v) is 3.40. The van der Waals surface area contributed by atoms with E-state index >= 15 is 0 Å². The Labute approximate surface area is 131 Å². The first kappa shape index (κ1) is 16.5. The summed E-state index contributed by atoms with van der Waals surface area (Å²) in [6, 6.07) is 6.48. The molecule has 2 N–H and O–H groups in total. The van der Waals surface area contributed by atoms with Gasteiger partial charge in [0.05, 0.1) is 5.92 Å². The van der Waals surface area contributed by atoms with Gasteiger partial charge in [-0.2, -0.15) is 0 Å². The fraction of sp³-hybridized carbons (Fsp3) is 0.556. The highest BCUT2D eigenvalue weighted by Gasteiger charge is 2.34. The molecule has 1 aromatic carbocycles. The lowest BCUT2D eigenvalue weighted by Gasteiger charge is -2.18. The summed E-state index contributed by atoms with van der Waals surface area (Å²) in [7, 11) is 0. The molecule has 1 fully saturated rings. The predicted molar refractivity (Wildman–Crippen MR) is 85.7 cm³/mol. The minimum absolute atomic E-state index is 0.000579. The monoisotopic (exact) mass is 303 g/mol. The molecule has 0 aliphatic heterocycles. The van der Waals surface area contributed by atoms with Gasteiger partial charge < -0.3 is 10.4 Å². The zero-order valence-corrected chi connectivity index (χ0v) is 13.6. The molecule has 1 aromatic rings. The number of amides is 1. The van der Waals surface area contributed by atoms with Crippen LogP contribution in [0.2, 0.25) is 0 Å². The third-order valence-corrected chi connectivity index (χ3v) is 4.36. The first-order valence-electron chi connectivity index (χ1n) is 7.95. The first-order valence-corrected chi connectivity index (χ1v) is 7.95. The van der Waals surface area contributed by atoms with Crippen molar-refractivity contribution in [3.05, 3.63) is 34.9 Å². The Morgan fingerprint density at radius 2 is 1.77 bits per heavy atom. The molecule has 120 valence electrons. The van der Waals surface area contributed by atoms with E-state index in [1.54, 1.807) is 0 Å². The van der Waals surface area contributed by atoms with E-state index < -0.39 is 5.97 Å². The molecule has 0 aromatic heterocycles. The summed E-state index contributed by atoms with van der Waals surface area (Å²) < 4.78 is 0. The molecule has 1 aliphatic carbocycles. The summed E-state index contributed by atoms with van der Waals surface area (Å²) in [5, 5.41) is 12.0. The van der Waals surface area contributed by atoms with Crippen molar-refractivity contribution in [1.82, 2.24) is 5.32 Å². The molecule has 0 heterocycles. The predicted octanol–water partition coefficient (Wildman–Crippen LogP) is 2.85. The molecular formula is C18H25NO3. The topological polar surface area (TPSA) is 66.4 Å². The van der Waals surface area contributed by atoms with E-state index in [1.807, 2.05) is 6.92 Å². The number of rotatable bonds is 5. The second-order valence-electron chi connectivity index (χ2n) is 6.65. The Kier molecular flexibility index (Phi) is 5.22. The third-order valence-electron chi connectivity index (χ3n) is 4.36. The largest absolute Gasteiger partial charge is 0.481 e. The quantitative estimate of drug-likeness (QED) is 0.879. The number of aliphatic carboxylic acids is 1. The SMILES string of the molecule is Cc1cc(C)cc(CC(C)NC(=O)[C@@H]2CC[C@H](C(=O)O)C2)c1. The van der Waals surface area contributed by atoms with E-state index in [2.05, 4.69) is 37.4 Å². The highest BCUT2D eigenvalue weighted by molar-refractivity contribution is 5.81. The Bertz CT molecular complexity index is 547. The lowest BCUT2D eigenvalue weighted by Crippen LogP contribution is -2.37. The summed E-state index contributed by atoms with van der Waals surface area (Å²) in [6.45, 7) is 6.15. The van der Waals surface area contributed by atoms with E-state index in [-0.39, 0.29) is 23.8 Å². The average molecular weight is 303 g/mol. The van der Waals surface area contributed by atoms with Crippen LogP contribution >= 0.6 is 0 Å². The number of benzene rings is 1. The van der Waals surface area contributed by atoms with Gasteiger partial charge in [-0.25, -0.2) is 0 Å². The number of aryl methyl sites for hydroxylation is 2. The molecule has 0 saturated heterocycles. The minimum Gasteiger partial charge on any atom is -0.481 e. The van der Waals surface area contributed by atoms with Gasteiger partial charge in [0, 0.05) is 12.0 Å². The standard InChI is InChI=1S/C18H25NO3/c1-11-6-12(2)8-14(7-11)9-13(3)19-17(20)15-4-5-16(10-15)18(21)22/h6-8,13,15-16H,4-5,9-10H2,1-3H3,(H,19,20)(H,21,22)/t13?,15-,16+/m1/s1. The normalized spacial score (nSPS) is 22.3. The van der Waals surface area contributed by atoms with E-state index in [4.69, 9.17) is 5.11 Å². The van der Waals surface area contributed by atoms with Crippen LogP contribution in [0.15, 0.2) is 18.2 Å². The number of carboxylic acid groups (broad SMARTS) is 1. The second kappa shape index (κ2) is 6.95. The van der Waals surface area contributed by atoms with Crippen molar-refractivity contribution in [2.24, 2.45) is 11.8 Å². The van der Waals surface area contributed by atoms with Crippen molar-refractivity contribution in [1.29, 1.82) is 0 Å². The molecule has 3 atom stereocenters. The van der Waals surface area contributed by atoms with E-state index in [9.17, 15) is 9.59 Å². The van der Waals surface area contributed by atoms with Gasteiger partial charge in [-0.1, -0.05) is 29.3 Å². The summed E-state index contributed by atoms with van der Waals surface area (Å²) in [4.78, 5) is 23.2. The summed E-state index contributed by atoms with van der Waals surface area (Å²) in [6.07, 6.45) is 2.55. The maximum absolute atomic E-state index is 12.2. The van der Waals surface area contributed by atoms with Crippen LogP contribution in [0.25, 0.3) is 0 Å². The molecule has 22 heavy (non-hydrogen) atoms. The number of hydrogen-bond acceptors (Lipinski definition) is 2. The number of carbonyl (C=O) groups is 2. The van der Waals surface area contributed by atoms with Crippen LogP contribution in [0.4, 0.5) is 0 Å². The molecule has 1 amide bonds. The van der Waals surface area contributed by atoms with Crippen molar-refractivity contribution in [2.45, 2.75) is 52.5 Å². The number of carboxylic acids is 1. The van der Waals surface area contributed by atoms with Crippen LogP contribution in [-0.4, -0.2) is 23.0 Å². The van der Waals surface area contributed by atoms with Gasteiger partial charge in [-0.15, -0.1) is 0 Å². The summed E-state index contributed by atoms with van der Waals surface area (Å²) >= 11 is 0. The van der Waals surface area contributed by atoms with Gasteiger partial charge in [0.25, 0.3) is 0 Å². The van der Waals surface area contributed by atoms with Gasteiger partial charge in [-0.05, 0) is 52.0 Å². The van der Waals surface area contributed by atoms with Gasteiger partial charge in [0.2, 0.25) is 5.91 Å². The number of carbonyl (C=O) groups excluding carboxylic acids is 1. The van der Waals surface area contributed by atoms with Gasteiger partial charge in [0.1, 0.15) is 0 Å². The van der Waals surface area contributed by atoms with Crippen molar-refractivity contribution >= 4 is 11.9 Å². The van der Waals surface area contributed by atoms with Gasteiger partial charge in [-0.3, -0.25) is 9.59 Å². The van der Waals surface area contributed by atoms with Crippen molar-refractivity contribution in [3.63, 3.8) is 0 Å². The Hall–Kier alpha value is -1.84. The van der Waals surface area contributed by atoms with Gasteiger partial charge >= 0.3 is 5.97 Å². The Balaban J connectivity index is 1.88. The number of nitrogens with one attached hydrogen (secondary N) is 1. The van der Waals surface area contributed by atoms with Crippen molar-refractivity contribution < 1.29 is 14.7 Å². The van der Waals surface area contributed by atoms with Crippen LogP contribution < -0.4 is 5.32 Å². The molecule has 0 bridgehead atoms. The van der Waals surface area contributed by atoms with Crippen LogP contribution in [0.5, 0.6) is 0 Å². The third kappa shape index (κ3) is 4.33. The molecule has 4 heteroatoms. The van der Waals surface area contributed by atoms with E-state index in [0.717, 1.165) is 6.42 Å². The van der Waals surface area contributed by atoms with Crippen molar-refractivity contribution in [3.8, 4) is 0 Å². The molecule has 1 unspecified atom stereocenters. The Morgan fingerprint density at radius 3 is 2.32 bits per heavy atom. The number of hydrogen-bond donors (Lipinski definition) is 2. The zero-order valence-electron chi connectivity index (χ0n) is 13.6. The first-order chi connectivity index (χ1) is 10.3. The Morgan fingerprint density at radius 1 is 1.18 bits per heavy atom. The minimum atomic E-state index is -0.779. The molecule has 0 spiro atoms. The fourth-order valence-electron chi connectivity index (χ4n) is 3.40. The van der Waals surface area contributed by atoms with Crippen molar-refractivity contribution in [2.75, 3.05) is 0 Å². The molecule has 0 radical (unpaired) electrons. The van der Waals surface area contributed by atoms with Crippen LogP contribution in [0.3, 0.4) is 0 Å². The smallest absolute Gasteiger partial charge is 0.306 e. The lowest BCUT2D eigenvalue weighted by molar-refractivity contribution is -0.141. The highest BCUT2D eigenvalue weighted by Crippen LogP contribution is 2.31.